The summed E-state index contributed by atoms with van der Waals surface area (Å²) in [6.07, 6.45) is 2.23. The lowest BCUT2D eigenvalue weighted by atomic mass is 10.2. The van der Waals surface area contributed by atoms with Crippen LogP contribution in [0.2, 0.25) is 0 Å². The van der Waals surface area contributed by atoms with Crippen LogP contribution in [0.15, 0.2) is 16.3 Å². The van der Waals surface area contributed by atoms with Crippen molar-refractivity contribution in [2.75, 3.05) is 33.7 Å². The van der Waals surface area contributed by atoms with E-state index >= 15 is 0 Å². The summed E-state index contributed by atoms with van der Waals surface area (Å²) in [7, 11) is 0.396. The molecule has 1 N–H and O–H groups in total. The lowest BCUT2D eigenvalue weighted by Crippen LogP contribution is -2.39. The molecule has 0 aliphatic carbocycles. The van der Waals surface area contributed by atoms with Gasteiger partial charge in [-0.15, -0.1) is 11.3 Å². The molecule has 120 valence electrons. The predicted molar refractivity (Wildman–Crippen MR) is 87.2 cm³/mol. The van der Waals surface area contributed by atoms with Crippen molar-refractivity contribution in [2.45, 2.75) is 36.6 Å². The van der Waals surface area contributed by atoms with Crippen LogP contribution in [0.3, 0.4) is 0 Å². The fraction of sp³-hybridized carbons (Fsp3) is 0.714. The van der Waals surface area contributed by atoms with Crippen LogP contribution < -0.4 is 5.32 Å². The molecule has 1 aliphatic heterocycles. The molecule has 2 rings (SSSR count). The molecule has 7 heteroatoms. The minimum Gasteiger partial charge on any atom is -0.312 e. The summed E-state index contributed by atoms with van der Waals surface area (Å²) in [6, 6.07) is 3.96. The van der Waals surface area contributed by atoms with Crippen LogP contribution in [0.1, 0.15) is 24.6 Å². The number of thiophene rings is 1. The summed E-state index contributed by atoms with van der Waals surface area (Å²) in [5.41, 5.74) is 0. The first-order chi connectivity index (χ1) is 9.95. The highest BCUT2D eigenvalue weighted by Crippen LogP contribution is 2.25. The lowest BCUT2D eigenvalue weighted by Gasteiger charge is -2.24. The number of hydrogen-bond acceptors (Lipinski definition) is 5. The van der Waals surface area contributed by atoms with Gasteiger partial charge >= 0.3 is 0 Å². The highest BCUT2D eigenvalue weighted by atomic mass is 32.2. The van der Waals surface area contributed by atoms with Gasteiger partial charge in [0, 0.05) is 31.1 Å². The highest BCUT2D eigenvalue weighted by molar-refractivity contribution is 7.91. The van der Waals surface area contributed by atoms with E-state index in [1.165, 1.54) is 15.6 Å². The summed E-state index contributed by atoms with van der Waals surface area (Å²) in [5.74, 6) is 0. The SMILES string of the molecule is CCNCc1ccc(S(=O)(=O)N(C)CC2CCCN2C)s1. The summed E-state index contributed by atoms with van der Waals surface area (Å²) in [4.78, 5) is 3.30. The van der Waals surface area contributed by atoms with Crippen LogP contribution in [-0.2, 0) is 16.6 Å². The molecule has 0 radical (unpaired) electrons. The van der Waals surface area contributed by atoms with Crippen molar-refractivity contribution in [1.29, 1.82) is 0 Å². The third-order valence-electron chi connectivity index (χ3n) is 3.99. The van der Waals surface area contributed by atoms with Crippen LogP contribution in [-0.4, -0.2) is 57.4 Å². The van der Waals surface area contributed by atoms with Gasteiger partial charge in [0.25, 0.3) is 10.0 Å². The first-order valence-electron chi connectivity index (χ1n) is 7.41. The molecular weight excluding hydrogens is 306 g/mol. The molecule has 0 spiro atoms. The van der Waals surface area contributed by atoms with E-state index in [0.717, 1.165) is 37.4 Å². The van der Waals surface area contributed by atoms with E-state index in [1.807, 2.05) is 13.0 Å². The smallest absolute Gasteiger partial charge is 0.252 e. The maximum Gasteiger partial charge on any atom is 0.252 e. The van der Waals surface area contributed by atoms with Crippen LogP contribution >= 0.6 is 11.3 Å². The number of nitrogens with one attached hydrogen (secondary N) is 1. The van der Waals surface area contributed by atoms with Gasteiger partial charge in [0.05, 0.1) is 0 Å². The Morgan fingerprint density at radius 2 is 2.24 bits per heavy atom. The highest BCUT2D eigenvalue weighted by Gasteiger charge is 2.28. The number of nitrogens with zero attached hydrogens (tertiary/aromatic N) is 2. The first kappa shape index (κ1) is 16.9. The van der Waals surface area contributed by atoms with Crippen molar-refractivity contribution < 1.29 is 8.42 Å². The quantitative estimate of drug-likeness (QED) is 0.824. The maximum absolute atomic E-state index is 12.6. The van der Waals surface area contributed by atoms with Gasteiger partial charge in [-0.3, -0.25) is 0 Å². The summed E-state index contributed by atoms with van der Waals surface area (Å²) in [6.45, 7) is 5.28. The molecule has 2 heterocycles. The lowest BCUT2D eigenvalue weighted by molar-refractivity contribution is 0.271. The zero-order valence-electron chi connectivity index (χ0n) is 13.0. The number of likely N-dealkylation sites (tertiary alicyclic amines) is 1. The number of likely N-dealkylation sites (N-methyl/N-ethyl adjacent to an activating group) is 2. The third-order valence-corrected chi connectivity index (χ3v) is 7.37. The Bertz CT molecular complexity index is 556. The molecule has 0 saturated carbocycles. The molecular formula is C14H25N3O2S2. The van der Waals surface area contributed by atoms with Crippen molar-refractivity contribution >= 4 is 21.4 Å². The first-order valence-corrected chi connectivity index (χ1v) is 9.66. The van der Waals surface area contributed by atoms with Crippen molar-refractivity contribution in [2.24, 2.45) is 0 Å². The van der Waals surface area contributed by atoms with E-state index in [0.29, 0.717) is 16.8 Å². The summed E-state index contributed by atoms with van der Waals surface area (Å²) in [5, 5.41) is 3.22. The number of rotatable bonds is 7. The van der Waals surface area contributed by atoms with Crippen LogP contribution in [0, 0.1) is 0 Å². The number of hydrogen-bond donors (Lipinski definition) is 1. The van der Waals surface area contributed by atoms with Gasteiger partial charge in [0.2, 0.25) is 0 Å². The minimum atomic E-state index is -3.36. The van der Waals surface area contributed by atoms with E-state index < -0.39 is 10.0 Å². The van der Waals surface area contributed by atoms with Gasteiger partial charge in [-0.2, -0.15) is 4.31 Å². The van der Waals surface area contributed by atoms with Gasteiger partial charge in [0.1, 0.15) is 4.21 Å². The normalized spacial score (nSPS) is 20.5. The summed E-state index contributed by atoms with van der Waals surface area (Å²) < 4.78 is 27.2. The zero-order chi connectivity index (χ0) is 15.5. The minimum absolute atomic E-state index is 0.339. The zero-order valence-corrected chi connectivity index (χ0v) is 14.6. The second-order valence-electron chi connectivity index (χ2n) is 5.56. The van der Waals surface area contributed by atoms with E-state index in [4.69, 9.17) is 0 Å². The number of sulfonamides is 1. The molecule has 0 amide bonds. The Balaban J connectivity index is 2.04. The molecule has 1 aliphatic rings. The predicted octanol–water partition coefficient (Wildman–Crippen LogP) is 1.57. The Labute approximate surface area is 132 Å². The van der Waals surface area contributed by atoms with Gasteiger partial charge in [-0.1, -0.05) is 6.92 Å². The molecule has 1 unspecified atom stereocenters. The molecule has 0 bridgehead atoms. The van der Waals surface area contributed by atoms with Crippen molar-refractivity contribution in [3.8, 4) is 0 Å². The molecule has 1 saturated heterocycles. The van der Waals surface area contributed by atoms with Crippen molar-refractivity contribution in [1.82, 2.24) is 14.5 Å². The van der Waals surface area contributed by atoms with Crippen LogP contribution in [0.25, 0.3) is 0 Å². The van der Waals surface area contributed by atoms with E-state index in [9.17, 15) is 8.42 Å². The fourth-order valence-electron chi connectivity index (χ4n) is 2.60. The van der Waals surface area contributed by atoms with Gasteiger partial charge in [-0.25, -0.2) is 8.42 Å². The van der Waals surface area contributed by atoms with Gasteiger partial charge < -0.3 is 10.2 Å². The van der Waals surface area contributed by atoms with Crippen LogP contribution in [0.5, 0.6) is 0 Å². The van der Waals surface area contributed by atoms with Crippen LogP contribution in [0.4, 0.5) is 0 Å². The second-order valence-corrected chi connectivity index (χ2v) is 9.00. The molecule has 1 aromatic rings. The van der Waals surface area contributed by atoms with E-state index in [2.05, 4.69) is 17.3 Å². The Hall–Kier alpha value is -0.470. The van der Waals surface area contributed by atoms with Gasteiger partial charge in [0.15, 0.2) is 0 Å². The van der Waals surface area contributed by atoms with Crippen molar-refractivity contribution in [3.05, 3.63) is 17.0 Å². The Morgan fingerprint density at radius 1 is 1.48 bits per heavy atom. The molecule has 21 heavy (non-hydrogen) atoms. The third kappa shape index (κ3) is 4.04. The Kier molecular flexibility index (Phi) is 5.79. The maximum atomic E-state index is 12.6. The topological polar surface area (TPSA) is 52.7 Å². The molecule has 1 aromatic heterocycles. The molecule has 0 aromatic carbocycles. The van der Waals surface area contributed by atoms with E-state index in [1.54, 1.807) is 13.1 Å². The summed E-state index contributed by atoms with van der Waals surface area (Å²) >= 11 is 1.36. The largest absolute Gasteiger partial charge is 0.312 e. The monoisotopic (exact) mass is 331 g/mol. The fourth-order valence-corrected chi connectivity index (χ4v) is 5.34. The Morgan fingerprint density at radius 3 is 2.86 bits per heavy atom. The molecule has 1 atom stereocenters. The molecule has 1 fully saturated rings. The van der Waals surface area contributed by atoms with E-state index in [-0.39, 0.29) is 0 Å². The average Bonchev–Trinajstić information content (AvgIpc) is 3.06. The molecule has 5 nitrogen and oxygen atoms in total. The van der Waals surface area contributed by atoms with Gasteiger partial charge in [-0.05, 0) is 45.1 Å². The standard InChI is InChI=1S/C14H25N3O2S2/c1-4-15-10-13-7-8-14(20-13)21(18,19)17(3)11-12-6-5-9-16(12)2/h7-8,12,15H,4-6,9-11H2,1-3H3. The second kappa shape index (κ2) is 7.19. The van der Waals surface area contributed by atoms with Crippen molar-refractivity contribution in [3.63, 3.8) is 0 Å². The average molecular weight is 332 g/mol.